The minimum Gasteiger partial charge on any atom is -0.480 e. The zero-order chi connectivity index (χ0) is 11.3. The summed E-state index contributed by atoms with van der Waals surface area (Å²) in [6.07, 6.45) is 5.45. The summed E-state index contributed by atoms with van der Waals surface area (Å²) in [5.74, 6) is -0.882. The quantitative estimate of drug-likeness (QED) is 0.749. The topological polar surface area (TPSA) is 67.2 Å². The zero-order valence-corrected chi connectivity index (χ0v) is 9.10. The Labute approximate surface area is 89.1 Å². The fourth-order valence-electron chi connectivity index (χ4n) is 1.39. The third-order valence-corrected chi connectivity index (χ3v) is 2.29. The Hall–Kier alpha value is -1.52. The largest absolute Gasteiger partial charge is 0.480 e. The highest BCUT2D eigenvalue weighted by Gasteiger charge is 2.06. The number of hydrogen-bond donors (Lipinski definition) is 2. The fraction of sp³-hybridized carbons (Fsp3) is 0.600. The van der Waals surface area contributed by atoms with Gasteiger partial charge in [-0.3, -0.25) is 9.48 Å². The average Bonchev–Trinajstić information content (AvgIpc) is 2.61. The van der Waals surface area contributed by atoms with Crippen molar-refractivity contribution in [2.45, 2.75) is 39.3 Å². The van der Waals surface area contributed by atoms with Gasteiger partial charge in [-0.15, -0.1) is 0 Å². The number of nitrogens with one attached hydrogen (secondary N) is 1. The van der Waals surface area contributed by atoms with Crippen LogP contribution in [-0.4, -0.2) is 26.9 Å². The maximum Gasteiger partial charge on any atom is 0.325 e. The van der Waals surface area contributed by atoms with Crippen LogP contribution in [0.1, 0.15) is 26.7 Å². The van der Waals surface area contributed by atoms with E-state index < -0.39 is 5.97 Å². The highest BCUT2D eigenvalue weighted by Crippen LogP contribution is 2.10. The van der Waals surface area contributed by atoms with Crippen molar-refractivity contribution in [3.05, 3.63) is 12.4 Å². The Morgan fingerprint density at radius 2 is 2.27 bits per heavy atom. The summed E-state index contributed by atoms with van der Waals surface area (Å²) >= 11 is 0. The second-order valence-electron chi connectivity index (χ2n) is 3.48. The van der Waals surface area contributed by atoms with Crippen LogP contribution in [-0.2, 0) is 11.3 Å². The van der Waals surface area contributed by atoms with Crippen molar-refractivity contribution in [3.8, 4) is 0 Å². The number of anilines is 1. The van der Waals surface area contributed by atoms with Gasteiger partial charge in [-0.05, 0) is 12.8 Å². The molecule has 0 saturated heterocycles. The van der Waals surface area contributed by atoms with E-state index in [0.717, 1.165) is 18.5 Å². The lowest BCUT2D eigenvalue weighted by atomic mass is 10.2. The molecule has 0 aliphatic heterocycles. The first kappa shape index (κ1) is 11.6. The molecule has 5 heteroatoms. The van der Waals surface area contributed by atoms with Crippen LogP contribution in [0.25, 0.3) is 0 Å². The number of carboxylic acids is 1. The number of hydrogen-bond acceptors (Lipinski definition) is 3. The van der Waals surface area contributed by atoms with Gasteiger partial charge in [0, 0.05) is 12.2 Å². The molecule has 1 aromatic rings. The molecule has 1 heterocycles. The van der Waals surface area contributed by atoms with Crippen molar-refractivity contribution in [1.82, 2.24) is 9.78 Å². The average molecular weight is 211 g/mol. The highest BCUT2D eigenvalue weighted by atomic mass is 16.4. The van der Waals surface area contributed by atoms with E-state index in [4.69, 9.17) is 5.11 Å². The van der Waals surface area contributed by atoms with Gasteiger partial charge >= 0.3 is 5.97 Å². The van der Waals surface area contributed by atoms with Crippen LogP contribution in [0.15, 0.2) is 12.4 Å². The first-order valence-corrected chi connectivity index (χ1v) is 5.16. The van der Waals surface area contributed by atoms with Crippen molar-refractivity contribution in [2.75, 3.05) is 5.32 Å². The summed E-state index contributed by atoms with van der Waals surface area (Å²) in [7, 11) is 0. The molecule has 15 heavy (non-hydrogen) atoms. The normalized spacial score (nSPS) is 10.6. The van der Waals surface area contributed by atoms with Crippen LogP contribution in [0, 0.1) is 0 Å². The molecule has 0 aromatic carbocycles. The molecule has 84 valence electrons. The minimum absolute atomic E-state index is 0.0927. The van der Waals surface area contributed by atoms with Gasteiger partial charge in [-0.25, -0.2) is 0 Å². The van der Waals surface area contributed by atoms with Crippen LogP contribution in [0.5, 0.6) is 0 Å². The standard InChI is InChI=1S/C10H17N3O2/c1-3-8(4-2)12-9-5-11-13(6-9)7-10(14)15/h5-6,8,12H,3-4,7H2,1-2H3,(H,14,15). The second-order valence-corrected chi connectivity index (χ2v) is 3.48. The predicted octanol–water partition coefficient (Wildman–Crippen LogP) is 1.57. The Balaban J connectivity index is 2.55. The van der Waals surface area contributed by atoms with Crippen molar-refractivity contribution in [1.29, 1.82) is 0 Å². The summed E-state index contributed by atoms with van der Waals surface area (Å²) in [6, 6.07) is 0.424. The van der Waals surface area contributed by atoms with Gasteiger partial charge in [0.15, 0.2) is 0 Å². The van der Waals surface area contributed by atoms with Crippen LogP contribution < -0.4 is 5.32 Å². The number of aliphatic carboxylic acids is 1. The maximum atomic E-state index is 10.4. The second kappa shape index (κ2) is 5.38. The molecule has 5 nitrogen and oxygen atoms in total. The van der Waals surface area contributed by atoms with Gasteiger partial charge in [0.05, 0.1) is 11.9 Å². The lowest BCUT2D eigenvalue weighted by Gasteiger charge is -2.13. The number of rotatable bonds is 6. The Morgan fingerprint density at radius 1 is 1.60 bits per heavy atom. The molecular weight excluding hydrogens is 194 g/mol. The van der Waals surface area contributed by atoms with Crippen LogP contribution in [0.2, 0.25) is 0 Å². The van der Waals surface area contributed by atoms with Crippen molar-refractivity contribution in [3.63, 3.8) is 0 Å². The lowest BCUT2D eigenvalue weighted by Crippen LogP contribution is -2.16. The van der Waals surface area contributed by atoms with Crippen LogP contribution in [0.3, 0.4) is 0 Å². The summed E-state index contributed by atoms with van der Waals surface area (Å²) in [5.41, 5.74) is 0.880. The minimum atomic E-state index is -0.882. The Kier molecular flexibility index (Phi) is 4.15. The lowest BCUT2D eigenvalue weighted by molar-refractivity contribution is -0.137. The van der Waals surface area contributed by atoms with Crippen molar-refractivity contribution < 1.29 is 9.90 Å². The van der Waals surface area contributed by atoms with Gasteiger partial charge in [-0.2, -0.15) is 5.10 Å². The molecule has 1 aromatic heterocycles. The molecule has 0 atom stereocenters. The molecule has 2 N–H and O–H groups in total. The first-order chi connectivity index (χ1) is 7.15. The third kappa shape index (κ3) is 3.61. The zero-order valence-electron chi connectivity index (χ0n) is 9.10. The summed E-state index contributed by atoms with van der Waals surface area (Å²) in [5, 5.41) is 15.8. The number of aromatic nitrogens is 2. The van der Waals surface area contributed by atoms with E-state index in [9.17, 15) is 4.79 Å². The molecule has 0 radical (unpaired) electrons. The predicted molar refractivity (Wildman–Crippen MR) is 57.9 cm³/mol. The van der Waals surface area contributed by atoms with Crippen molar-refractivity contribution >= 4 is 11.7 Å². The molecule has 0 spiro atoms. The van der Waals surface area contributed by atoms with Crippen molar-refractivity contribution in [2.24, 2.45) is 0 Å². The van der Waals surface area contributed by atoms with Gasteiger partial charge in [0.25, 0.3) is 0 Å². The molecule has 0 unspecified atom stereocenters. The molecule has 0 aliphatic carbocycles. The molecule has 0 amide bonds. The molecule has 0 bridgehead atoms. The molecule has 0 aliphatic rings. The van der Waals surface area contributed by atoms with E-state index >= 15 is 0 Å². The molecule has 0 fully saturated rings. The SMILES string of the molecule is CCC(CC)Nc1cnn(CC(=O)O)c1. The van der Waals surface area contributed by atoms with E-state index in [1.165, 1.54) is 4.68 Å². The number of carboxylic acid groups (broad SMARTS) is 1. The number of nitrogens with zero attached hydrogens (tertiary/aromatic N) is 2. The van der Waals surface area contributed by atoms with Crippen LogP contribution >= 0.6 is 0 Å². The third-order valence-electron chi connectivity index (χ3n) is 2.29. The Bertz CT molecular complexity index is 318. The van der Waals surface area contributed by atoms with Gasteiger partial charge < -0.3 is 10.4 Å². The highest BCUT2D eigenvalue weighted by molar-refractivity contribution is 5.66. The van der Waals surface area contributed by atoms with E-state index in [-0.39, 0.29) is 6.54 Å². The smallest absolute Gasteiger partial charge is 0.325 e. The fourth-order valence-corrected chi connectivity index (χ4v) is 1.39. The van der Waals surface area contributed by atoms with E-state index in [2.05, 4.69) is 24.3 Å². The van der Waals surface area contributed by atoms with E-state index in [0.29, 0.717) is 6.04 Å². The van der Waals surface area contributed by atoms with Gasteiger partial charge in [0.1, 0.15) is 6.54 Å². The van der Waals surface area contributed by atoms with Gasteiger partial charge in [-0.1, -0.05) is 13.8 Å². The summed E-state index contributed by atoms with van der Waals surface area (Å²) in [4.78, 5) is 10.4. The summed E-state index contributed by atoms with van der Waals surface area (Å²) < 4.78 is 1.41. The molecule has 0 saturated carbocycles. The monoisotopic (exact) mass is 211 g/mol. The summed E-state index contributed by atoms with van der Waals surface area (Å²) in [6.45, 7) is 4.14. The molecular formula is C10H17N3O2. The van der Waals surface area contributed by atoms with E-state index in [1.54, 1.807) is 12.4 Å². The first-order valence-electron chi connectivity index (χ1n) is 5.16. The molecule has 1 rings (SSSR count). The van der Waals surface area contributed by atoms with Crippen LogP contribution in [0.4, 0.5) is 5.69 Å². The maximum absolute atomic E-state index is 10.4. The van der Waals surface area contributed by atoms with E-state index in [1.807, 2.05) is 0 Å². The van der Waals surface area contributed by atoms with Gasteiger partial charge in [0.2, 0.25) is 0 Å². The Morgan fingerprint density at radius 3 is 2.80 bits per heavy atom. The number of carbonyl (C=O) groups is 1.